The van der Waals surface area contributed by atoms with Crippen LogP contribution in [0.25, 0.3) is 6.08 Å². The molecule has 1 aliphatic heterocycles. The second-order valence-electron chi connectivity index (χ2n) is 6.82. The quantitative estimate of drug-likeness (QED) is 0.505. The zero-order valence-corrected chi connectivity index (χ0v) is 15.7. The van der Waals surface area contributed by atoms with Crippen LogP contribution in [0.3, 0.4) is 0 Å². The summed E-state index contributed by atoms with van der Waals surface area (Å²) in [4.78, 5) is 12.7. The SMILES string of the molecule is C=C/C(C)=C\C=C(/C)CC(=O)c1ccc2c(c1OC)C=CC(C)(C)O2. The van der Waals surface area contributed by atoms with Gasteiger partial charge in [-0.05, 0) is 52.0 Å². The highest BCUT2D eigenvalue weighted by Crippen LogP contribution is 2.39. The first-order valence-electron chi connectivity index (χ1n) is 8.36. The Morgan fingerprint density at radius 3 is 2.64 bits per heavy atom. The molecule has 0 N–H and O–H groups in total. The maximum atomic E-state index is 12.7. The highest BCUT2D eigenvalue weighted by Gasteiger charge is 2.26. The van der Waals surface area contributed by atoms with Crippen LogP contribution >= 0.6 is 0 Å². The van der Waals surface area contributed by atoms with Crippen LogP contribution in [0.5, 0.6) is 11.5 Å². The van der Waals surface area contributed by atoms with Crippen molar-refractivity contribution in [1.82, 2.24) is 0 Å². The van der Waals surface area contributed by atoms with Crippen molar-refractivity contribution in [1.29, 1.82) is 0 Å². The molecule has 0 bridgehead atoms. The zero-order valence-electron chi connectivity index (χ0n) is 15.7. The lowest BCUT2D eigenvalue weighted by Gasteiger charge is -2.29. The molecule has 1 aromatic rings. The Hall–Kier alpha value is -2.55. The summed E-state index contributed by atoms with van der Waals surface area (Å²) >= 11 is 0. The van der Waals surface area contributed by atoms with Gasteiger partial charge in [-0.15, -0.1) is 0 Å². The number of hydrogen-bond acceptors (Lipinski definition) is 3. The first-order chi connectivity index (χ1) is 11.8. The van der Waals surface area contributed by atoms with E-state index in [2.05, 4.69) is 6.58 Å². The van der Waals surface area contributed by atoms with Gasteiger partial charge in [0.1, 0.15) is 17.1 Å². The average molecular weight is 338 g/mol. The molecule has 0 aliphatic carbocycles. The van der Waals surface area contributed by atoms with Crippen LogP contribution in [-0.2, 0) is 0 Å². The molecule has 25 heavy (non-hydrogen) atoms. The van der Waals surface area contributed by atoms with Gasteiger partial charge < -0.3 is 9.47 Å². The van der Waals surface area contributed by atoms with E-state index in [9.17, 15) is 4.79 Å². The van der Waals surface area contributed by atoms with Gasteiger partial charge in [-0.3, -0.25) is 4.79 Å². The number of allylic oxidation sites excluding steroid dienone is 5. The maximum Gasteiger partial charge on any atom is 0.170 e. The molecule has 0 unspecified atom stereocenters. The van der Waals surface area contributed by atoms with Gasteiger partial charge in [-0.1, -0.05) is 36.0 Å². The predicted octanol–water partition coefficient (Wildman–Crippen LogP) is 5.53. The lowest BCUT2D eigenvalue weighted by Crippen LogP contribution is -2.27. The molecule has 3 nitrogen and oxygen atoms in total. The van der Waals surface area contributed by atoms with Gasteiger partial charge >= 0.3 is 0 Å². The third-order valence-electron chi connectivity index (χ3n) is 4.08. The predicted molar refractivity (Wildman–Crippen MR) is 103 cm³/mol. The number of Topliss-reactive ketones (excluding diaryl/α,β-unsaturated/α-hetero) is 1. The molecule has 0 amide bonds. The van der Waals surface area contributed by atoms with E-state index in [0.29, 0.717) is 17.7 Å². The monoisotopic (exact) mass is 338 g/mol. The van der Waals surface area contributed by atoms with E-state index in [-0.39, 0.29) is 11.4 Å². The van der Waals surface area contributed by atoms with Gasteiger partial charge in [-0.2, -0.15) is 0 Å². The van der Waals surface area contributed by atoms with Crippen molar-refractivity contribution in [2.45, 2.75) is 39.7 Å². The molecular formula is C22H26O3. The molecule has 1 aromatic carbocycles. The number of benzene rings is 1. The molecule has 1 heterocycles. The van der Waals surface area contributed by atoms with Gasteiger partial charge in [-0.25, -0.2) is 0 Å². The summed E-state index contributed by atoms with van der Waals surface area (Å²) in [5, 5.41) is 0. The van der Waals surface area contributed by atoms with Gasteiger partial charge in [0.2, 0.25) is 0 Å². The minimum atomic E-state index is -0.363. The molecule has 0 radical (unpaired) electrons. The van der Waals surface area contributed by atoms with Crippen LogP contribution in [0.15, 0.2) is 54.2 Å². The Morgan fingerprint density at radius 2 is 2.00 bits per heavy atom. The second-order valence-corrected chi connectivity index (χ2v) is 6.82. The highest BCUT2D eigenvalue weighted by molar-refractivity contribution is 6.01. The van der Waals surface area contributed by atoms with Crippen molar-refractivity contribution in [3.05, 3.63) is 65.3 Å². The van der Waals surface area contributed by atoms with Crippen molar-refractivity contribution in [3.8, 4) is 11.5 Å². The molecule has 0 aromatic heterocycles. The second kappa shape index (κ2) is 7.56. The Bertz CT molecular complexity index is 777. The van der Waals surface area contributed by atoms with Gasteiger partial charge in [0.25, 0.3) is 0 Å². The minimum absolute atomic E-state index is 0.0243. The minimum Gasteiger partial charge on any atom is -0.495 e. The Balaban J connectivity index is 2.31. The summed E-state index contributed by atoms with van der Waals surface area (Å²) in [5.74, 6) is 1.33. The van der Waals surface area contributed by atoms with Crippen LogP contribution in [-0.4, -0.2) is 18.5 Å². The molecule has 0 saturated carbocycles. The van der Waals surface area contributed by atoms with E-state index in [0.717, 1.165) is 22.5 Å². The van der Waals surface area contributed by atoms with E-state index in [1.807, 2.05) is 58.1 Å². The van der Waals surface area contributed by atoms with E-state index in [1.54, 1.807) is 19.3 Å². The van der Waals surface area contributed by atoms with Crippen molar-refractivity contribution in [2.24, 2.45) is 0 Å². The fraction of sp³-hybridized carbons (Fsp3) is 0.318. The third kappa shape index (κ3) is 4.50. The van der Waals surface area contributed by atoms with Crippen molar-refractivity contribution >= 4 is 11.9 Å². The van der Waals surface area contributed by atoms with Gasteiger partial charge in [0.05, 0.1) is 18.2 Å². The molecule has 2 rings (SSSR count). The van der Waals surface area contributed by atoms with Crippen LogP contribution in [0, 0.1) is 0 Å². The van der Waals surface area contributed by atoms with Crippen LogP contribution in [0.4, 0.5) is 0 Å². The number of fused-ring (bicyclic) bond motifs is 1. The zero-order chi connectivity index (χ0) is 18.6. The molecule has 132 valence electrons. The molecule has 3 heteroatoms. The fourth-order valence-electron chi connectivity index (χ4n) is 2.62. The van der Waals surface area contributed by atoms with E-state index in [4.69, 9.17) is 9.47 Å². The Morgan fingerprint density at radius 1 is 1.28 bits per heavy atom. The summed E-state index contributed by atoms with van der Waals surface area (Å²) in [6.07, 6.45) is 9.97. The van der Waals surface area contributed by atoms with Gasteiger partial charge in [0, 0.05) is 6.42 Å². The first kappa shape index (κ1) is 18.8. The van der Waals surface area contributed by atoms with E-state index in [1.165, 1.54) is 0 Å². The summed E-state index contributed by atoms with van der Waals surface area (Å²) in [6.45, 7) is 11.6. The fourth-order valence-corrected chi connectivity index (χ4v) is 2.62. The lowest BCUT2D eigenvalue weighted by atomic mass is 9.96. The van der Waals surface area contributed by atoms with Gasteiger partial charge in [0.15, 0.2) is 5.78 Å². The topological polar surface area (TPSA) is 35.5 Å². The van der Waals surface area contributed by atoms with Crippen LogP contribution in [0.1, 0.15) is 50.0 Å². The van der Waals surface area contributed by atoms with Crippen LogP contribution in [0.2, 0.25) is 0 Å². The molecule has 0 fully saturated rings. The van der Waals surface area contributed by atoms with Crippen molar-refractivity contribution < 1.29 is 14.3 Å². The number of ketones is 1. The molecule has 0 spiro atoms. The molecule has 0 saturated heterocycles. The summed E-state index contributed by atoms with van der Waals surface area (Å²) in [5.41, 5.74) is 3.07. The Labute approximate surface area is 150 Å². The Kier molecular flexibility index (Phi) is 5.68. The highest BCUT2D eigenvalue weighted by atomic mass is 16.5. The number of ether oxygens (including phenoxy) is 2. The standard InChI is InChI=1S/C22H26O3/c1-7-15(2)8-9-16(3)14-19(23)17-10-11-20-18(21(17)24-6)12-13-22(4,5)25-20/h7-13H,1,14H2,2-6H3/b15-8-,16-9+. The van der Waals surface area contributed by atoms with E-state index < -0.39 is 0 Å². The number of methoxy groups -OCH3 is 1. The summed E-state index contributed by atoms with van der Waals surface area (Å²) < 4.78 is 11.5. The first-order valence-corrected chi connectivity index (χ1v) is 8.36. The smallest absolute Gasteiger partial charge is 0.170 e. The normalized spacial score (nSPS) is 16.0. The average Bonchev–Trinajstić information content (AvgIpc) is 2.57. The molecule has 0 atom stereocenters. The van der Waals surface area contributed by atoms with E-state index >= 15 is 0 Å². The lowest BCUT2D eigenvalue weighted by molar-refractivity contribution is 0.0990. The summed E-state index contributed by atoms with van der Waals surface area (Å²) in [7, 11) is 1.58. The maximum absolute atomic E-state index is 12.7. The number of hydrogen-bond donors (Lipinski definition) is 0. The van der Waals surface area contributed by atoms with Crippen LogP contribution < -0.4 is 9.47 Å². The number of rotatable bonds is 6. The largest absolute Gasteiger partial charge is 0.495 e. The van der Waals surface area contributed by atoms with Crippen molar-refractivity contribution in [3.63, 3.8) is 0 Å². The summed E-state index contributed by atoms with van der Waals surface area (Å²) in [6, 6.07) is 3.63. The van der Waals surface area contributed by atoms with Crippen molar-refractivity contribution in [2.75, 3.05) is 7.11 Å². The third-order valence-corrected chi connectivity index (χ3v) is 4.08. The molecule has 1 aliphatic rings. The number of carbonyl (C=O) groups is 1. The number of carbonyl (C=O) groups excluding carboxylic acids is 1. The molecular weight excluding hydrogens is 312 g/mol.